The van der Waals surface area contributed by atoms with E-state index in [2.05, 4.69) is 98.4 Å². The van der Waals surface area contributed by atoms with E-state index in [9.17, 15) is 10.6 Å². The number of aliphatic hydroxyl groups is 1. The van der Waals surface area contributed by atoms with Crippen molar-refractivity contribution in [2.45, 2.75) is 195 Å². The summed E-state index contributed by atoms with van der Waals surface area (Å²) in [7, 11) is 3.50. The largest absolute Gasteiger partial charge is 0.668 e. The second-order valence-electron chi connectivity index (χ2n) is 18.4. The Morgan fingerprint density at radius 1 is 0.776 bits per heavy atom. The van der Waals surface area contributed by atoms with Crippen molar-refractivity contribution in [3.63, 3.8) is 0 Å². The van der Waals surface area contributed by atoms with Gasteiger partial charge in [0.05, 0.1) is 43.2 Å². The zero-order valence-electron chi connectivity index (χ0n) is 38.4. The number of ether oxygens (including phenoxy) is 9. The first-order chi connectivity index (χ1) is 27.0. The molecule has 0 aliphatic carbocycles. The first-order valence-electron chi connectivity index (χ1n) is 22.0. The molecule has 22 atom stereocenters. The maximum absolute atomic E-state index is 11.0. The standard InChI is InChI=1S/C41H73N3O10.C2H6N.Y/c1-14-20(4)32-25(9)26(10)36(53-39-31(43-44-42)24(8)23(7)29(16-3)48-39)40(50-32)52-35-27(11)33(21(5)15-2)49-38(28(35)12)51-34-22(6)17-41(13,45)54-37(34)30-18-46-19-47-30;1-3-2;/h20-40,45H,14-19H2,1-13H3;1-2H3;/q;-1;/t20-,21-,22+,23-,24?,25-,26?,27+,28?,29?,30+,31+,32-,33?,34+,35-,36?,37?,38+,39+,40+,41-;;/m0../s1. The third kappa shape index (κ3) is 12.2. The van der Waals surface area contributed by atoms with Crippen molar-refractivity contribution in [2.24, 2.45) is 58.4 Å². The zero-order chi connectivity index (χ0) is 42.4. The SMILES string of the molecule is CCC1O[C@H](OC2C(C)[C@H](C)[C@H]([C@@H](C)CC)O[C@@H]2O[C@@H]2C(C)[C@@H](O[C@H]3C([C@H]4COCO4)O[C@](C)(O)C[C@H]3C)OC([C@@H](C)CC)[C@H]2C)[C@H](N=[N+]=[N-])C(C)[C@@H]1C.C[N-]C.[Y]. The minimum Gasteiger partial charge on any atom is -0.668 e. The molecule has 15 heteroatoms. The van der Waals surface area contributed by atoms with E-state index in [4.69, 9.17) is 42.6 Å². The first-order valence-corrected chi connectivity index (χ1v) is 22.0. The maximum Gasteiger partial charge on any atom is 0.184 e. The molecule has 0 bridgehead atoms. The minimum absolute atomic E-state index is 0. The molecule has 14 nitrogen and oxygen atoms in total. The summed E-state index contributed by atoms with van der Waals surface area (Å²) in [6.07, 6.45) is -1.27. The Morgan fingerprint density at radius 3 is 1.90 bits per heavy atom. The van der Waals surface area contributed by atoms with E-state index < -0.39 is 49.0 Å². The van der Waals surface area contributed by atoms with Crippen LogP contribution >= 0.6 is 0 Å². The van der Waals surface area contributed by atoms with Gasteiger partial charge in [0.2, 0.25) is 0 Å². The summed E-state index contributed by atoms with van der Waals surface area (Å²) < 4.78 is 59.6. The molecule has 0 spiro atoms. The van der Waals surface area contributed by atoms with Crippen molar-refractivity contribution in [1.82, 2.24) is 0 Å². The van der Waals surface area contributed by atoms with Crippen LogP contribution in [0.4, 0.5) is 0 Å². The molecule has 5 aliphatic rings. The topological polar surface area (TPSA) is 166 Å². The predicted molar refractivity (Wildman–Crippen MR) is 218 cm³/mol. The van der Waals surface area contributed by atoms with Gasteiger partial charge in [0.1, 0.15) is 25.1 Å². The fourth-order valence-corrected chi connectivity index (χ4v) is 9.92. The van der Waals surface area contributed by atoms with Crippen LogP contribution in [0.3, 0.4) is 0 Å². The summed E-state index contributed by atoms with van der Waals surface area (Å²) in [5.41, 5.74) is 9.61. The van der Waals surface area contributed by atoms with E-state index >= 15 is 0 Å². The molecular weight excluding hydrogens is 821 g/mol. The minimum atomic E-state index is -1.31. The van der Waals surface area contributed by atoms with Crippen LogP contribution < -0.4 is 0 Å². The van der Waals surface area contributed by atoms with E-state index in [0.717, 1.165) is 19.3 Å². The van der Waals surface area contributed by atoms with Crippen molar-refractivity contribution in [3.8, 4) is 0 Å². The van der Waals surface area contributed by atoms with Gasteiger partial charge in [0.25, 0.3) is 0 Å². The number of rotatable bonds is 13. The van der Waals surface area contributed by atoms with Crippen molar-refractivity contribution in [2.75, 3.05) is 27.5 Å². The van der Waals surface area contributed by atoms with Gasteiger partial charge in [-0.1, -0.05) is 101 Å². The monoisotopic (exact) mass is 900 g/mol. The Labute approximate surface area is 375 Å². The van der Waals surface area contributed by atoms with Gasteiger partial charge in [0, 0.05) is 55.9 Å². The molecular formula is C43H79N4O10Y-. The second-order valence-corrected chi connectivity index (χ2v) is 18.4. The molecule has 5 heterocycles. The molecule has 5 saturated heterocycles. The molecule has 1 N–H and O–H groups in total. The maximum atomic E-state index is 11.0. The Balaban J connectivity index is 0.00000218. The molecule has 5 rings (SSSR count). The number of nitrogens with zero attached hydrogens (tertiary/aromatic N) is 4. The molecule has 58 heavy (non-hydrogen) atoms. The van der Waals surface area contributed by atoms with E-state index in [1.54, 1.807) is 21.0 Å². The summed E-state index contributed by atoms with van der Waals surface area (Å²) in [6, 6.07) is -0.487. The van der Waals surface area contributed by atoms with Crippen LogP contribution in [0.5, 0.6) is 0 Å². The third-order valence-electron chi connectivity index (χ3n) is 14.1. The van der Waals surface area contributed by atoms with Crippen LogP contribution in [0.25, 0.3) is 15.8 Å². The summed E-state index contributed by atoms with van der Waals surface area (Å²) in [5.74, 6) is -0.509. The molecule has 7 unspecified atom stereocenters. The van der Waals surface area contributed by atoms with E-state index in [0.29, 0.717) is 18.9 Å². The Kier molecular flexibility index (Phi) is 21.3. The van der Waals surface area contributed by atoms with E-state index in [1.165, 1.54) is 0 Å². The molecule has 0 aromatic carbocycles. The van der Waals surface area contributed by atoms with Crippen LogP contribution in [-0.4, -0.2) is 112 Å². The summed E-state index contributed by atoms with van der Waals surface area (Å²) >= 11 is 0. The Hall–Kier alpha value is -0.0261. The van der Waals surface area contributed by atoms with Gasteiger partial charge < -0.3 is 53.1 Å². The summed E-state index contributed by atoms with van der Waals surface area (Å²) in [6.45, 7) is 28.4. The third-order valence-corrected chi connectivity index (χ3v) is 14.1. The van der Waals surface area contributed by atoms with Crippen LogP contribution in [0.1, 0.15) is 116 Å². The molecule has 1 radical (unpaired) electrons. The second kappa shape index (κ2) is 23.6. The van der Waals surface area contributed by atoms with Gasteiger partial charge in [-0.3, -0.25) is 0 Å². The quantitative estimate of drug-likeness (QED) is 0.108. The first kappa shape index (κ1) is 52.3. The summed E-state index contributed by atoms with van der Waals surface area (Å²) in [5, 5.41) is 18.8. The predicted octanol–water partition coefficient (Wildman–Crippen LogP) is 8.44. The van der Waals surface area contributed by atoms with Crippen LogP contribution in [0, 0.1) is 53.3 Å². The van der Waals surface area contributed by atoms with Crippen molar-refractivity contribution in [1.29, 1.82) is 0 Å². The molecule has 0 saturated carbocycles. The molecule has 5 fully saturated rings. The molecule has 0 amide bonds. The van der Waals surface area contributed by atoms with Crippen LogP contribution in [-0.2, 0) is 75.3 Å². The number of azide groups is 1. The van der Waals surface area contributed by atoms with E-state index in [1.807, 2.05) is 0 Å². The van der Waals surface area contributed by atoms with Crippen LogP contribution in [0.2, 0.25) is 0 Å². The fourth-order valence-electron chi connectivity index (χ4n) is 9.92. The average molecular weight is 901 g/mol. The molecule has 0 aromatic rings. The Bertz CT molecular complexity index is 1260. The normalized spacial score (nSPS) is 46.8. The van der Waals surface area contributed by atoms with Gasteiger partial charge in [0.15, 0.2) is 24.7 Å². The van der Waals surface area contributed by atoms with E-state index in [-0.39, 0.29) is 117 Å². The van der Waals surface area contributed by atoms with Crippen molar-refractivity contribution in [3.05, 3.63) is 15.8 Å². The molecule has 5 aliphatic heterocycles. The van der Waals surface area contributed by atoms with Crippen molar-refractivity contribution >= 4 is 0 Å². The summed E-state index contributed by atoms with van der Waals surface area (Å²) in [4.78, 5) is 3.22. The van der Waals surface area contributed by atoms with Gasteiger partial charge in [-0.2, -0.15) is 14.1 Å². The zero-order valence-corrected chi connectivity index (χ0v) is 41.2. The van der Waals surface area contributed by atoms with Crippen molar-refractivity contribution < 1.29 is 80.4 Å². The fraction of sp³-hybridized carbons (Fsp3) is 1.00. The molecule has 335 valence electrons. The Morgan fingerprint density at radius 2 is 1.34 bits per heavy atom. The van der Waals surface area contributed by atoms with Gasteiger partial charge in [-0.05, 0) is 60.3 Å². The molecule has 0 aromatic heterocycles. The average Bonchev–Trinajstić information content (AvgIpc) is 3.72. The number of hydrogen-bond acceptors (Lipinski definition) is 11. The van der Waals surface area contributed by atoms with Gasteiger partial charge >= 0.3 is 0 Å². The van der Waals surface area contributed by atoms with Crippen LogP contribution in [0.15, 0.2) is 5.11 Å². The smallest absolute Gasteiger partial charge is 0.184 e. The van der Waals surface area contributed by atoms with Gasteiger partial charge in [-0.15, -0.1) is 0 Å². The van der Waals surface area contributed by atoms with Gasteiger partial charge in [-0.25, -0.2) is 0 Å². The number of hydrogen-bond donors (Lipinski definition) is 1.